The second-order valence-electron chi connectivity index (χ2n) is 3.66. The molecule has 4 nitrogen and oxygen atoms in total. The third-order valence-electron chi connectivity index (χ3n) is 2.51. The Morgan fingerprint density at radius 1 is 1.29 bits per heavy atom. The number of hydrogen-bond acceptors (Lipinski definition) is 3. The summed E-state index contributed by atoms with van der Waals surface area (Å²) < 4.78 is 28.5. The van der Waals surface area contributed by atoms with E-state index in [-0.39, 0.29) is 0 Å². The quantitative estimate of drug-likeness (QED) is 0.811. The maximum absolute atomic E-state index is 11.9. The van der Waals surface area contributed by atoms with Crippen molar-refractivity contribution in [2.45, 2.75) is 37.2 Å². The zero-order valence-corrected chi connectivity index (χ0v) is 11.6. The van der Waals surface area contributed by atoms with Crippen LogP contribution in [0, 0.1) is 0 Å². The Bertz CT molecular complexity index is 417. The molecule has 2 unspecified atom stereocenters. The SMILES string of the molecule is CCC(CC)P(=O)(O)OS(=O)[13c]1ccccc1. The van der Waals surface area contributed by atoms with Crippen molar-refractivity contribution in [2.24, 2.45) is 0 Å². The summed E-state index contributed by atoms with van der Waals surface area (Å²) in [6.45, 7) is 3.62. The highest BCUT2D eigenvalue weighted by molar-refractivity contribution is 7.85. The van der Waals surface area contributed by atoms with Crippen LogP contribution in [0.5, 0.6) is 0 Å². The molecule has 0 fully saturated rings. The van der Waals surface area contributed by atoms with Gasteiger partial charge in [-0.2, -0.15) is 0 Å². The lowest BCUT2D eigenvalue weighted by atomic mass is 10.3. The van der Waals surface area contributed by atoms with Crippen molar-refractivity contribution in [2.75, 3.05) is 0 Å². The Kier molecular flexibility index (Phi) is 5.53. The van der Waals surface area contributed by atoms with Gasteiger partial charge in [0.15, 0.2) is 11.1 Å². The molecule has 1 N–H and O–H groups in total. The van der Waals surface area contributed by atoms with Gasteiger partial charge in [-0.1, -0.05) is 32.0 Å². The predicted molar refractivity (Wildman–Crippen MR) is 68.1 cm³/mol. The van der Waals surface area contributed by atoms with Gasteiger partial charge in [0, 0.05) is 0 Å². The Morgan fingerprint density at radius 3 is 2.29 bits per heavy atom. The van der Waals surface area contributed by atoms with E-state index in [0.717, 1.165) is 0 Å². The van der Waals surface area contributed by atoms with Gasteiger partial charge in [0.1, 0.15) is 0 Å². The van der Waals surface area contributed by atoms with E-state index in [1.807, 2.05) is 13.8 Å². The fraction of sp³-hybridized carbons (Fsp3) is 0.455. The van der Waals surface area contributed by atoms with Crippen LogP contribution in [0.2, 0.25) is 0 Å². The van der Waals surface area contributed by atoms with Gasteiger partial charge in [-0.05, 0) is 25.0 Å². The van der Waals surface area contributed by atoms with E-state index in [9.17, 15) is 13.7 Å². The van der Waals surface area contributed by atoms with Gasteiger partial charge >= 0.3 is 7.60 Å². The smallest absolute Gasteiger partial charge is 0.323 e. The predicted octanol–water partition coefficient (Wildman–Crippen LogP) is 3.10. The molecule has 6 heteroatoms. The molecular weight excluding hydrogens is 260 g/mol. The van der Waals surface area contributed by atoms with E-state index in [2.05, 4.69) is 0 Å². The average Bonchev–Trinajstić information content (AvgIpc) is 2.30. The third kappa shape index (κ3) is 4.03. The highest BCUT2D eigenvalue weighted by atomic mass is 32.2. The van der Waals surface area contributed by atoms with Crippen LogP contribution in [0.15, 0.2) is 35.2 Å². The molecule has 0 spiro atoms. The fourth-order valence-corrected chi connectivity index (χ4v) is 4.39. The number of hydrogen-bond donors (Lipinski definition) is 1. The van der Waals surface area contributed by atoms with Crippen molar-refractivity contribution < 1.29 is 17.6 Å². The molecule has 1 aromatic rings. The Balaban J connectivity index is 2.78. The highest BCUT2D eigenvalue weighted by Gasteiger charge is 2.32. The van der Waals surface area contributed by atoms with E-state index in [0.29, 0.717) is 17.7 Å². The molecule has 0 aliphatic carbocycles. The average molecular weight is 277 g/mol. The van der Waals surface area contributed by atoms with E-state index in [4.69, 9.17) is 3.97 Å². The van der Waals surface area contributed by atoms with Crippen LogP contribution in [0.1, 0.15) is 26.7 Å². The summed E-state index contributed by atoms with van der Waals surface area (Å²) in [4.78, 5) is 10.1. The van der Waals surface area contributed by atoms with Crippen LogP contribution in [0.4, 0.5) is 0 Å². The first kappa shape index (κ1) is 14.6. The number of benzene rings is 1. The molecule has 0 aliphatic heterocycles. The Hall–Kier alpha value is -0.480. The second kappa shape index (κ2) is 6.45. The molecule has 1 aromatic carbocycles. The van der Waals surface area contributed by atoms with Crippen molar-refractivity contribution in [3.8, 4) is 0 Å². The van der Waals surface area contributed by atoms with Gasteiger partial charge in [-0.25, -0.2) is 8.18 Å². The van der Waals surface area contributed by atoms with E-state index in [1.54, 1.807) is 30.3 Å². The maximum atomic E-state index is 11.9. The molecule has 17 heavy (non-hydrogen) atoms. The van der Waals surface area contributed by atoms with Crippen LogP contribution in [-0.4, -0.2) is 14.8 Å². The summed E-state index contributed by atoms with van der Waals surface area (Å²) in [7, 11) is -3.82. The Labute approximate surface area is 104 Å². The molecule has 0 aliphatic rings. The van der Waals surface area contributed by atoms with Crippen LogP contribution in [0.3, 0.4) is 0 Å². The molecule has 0 bridgehead atoms. The number of rotatable bonds is 6. The van der Waals surface area contributed by atoms with Crippen molar-refractivity contribution in [1.82, 2.24) is 0 Å². The molecule has 0 aromatic heterocycles. The van der Waals surface area contributed by atoms with Gasteiger partial charge in [0.25, 0.3) is 0 Å². The Morgan fingerprint density at radius 2 is 1.82 bits per heavy atom. The molecule has 2 atom stereocenters. The minimum Gasteiger partial charge on any atom is -0.323 e. The summed E-state index contributed by atoms with van der Waals surface area (Å²) >= 11 is -1.89. The van der Waals surface area contributed by atoms with E-state index < -0.39 is 24.3 Å². The van der Waals surface area contributed by atoms with Gasteiger partial charge in [0.2, 0.25) is 0 Å². The largest absolute Gasteiger partial charge is 0.344 e. The fourth-order valence-electron chi connectivity index (χ4n) is 1.48. The third-order valence-corrected chi connectivity index (χ3v) is 6.22. The maximum Gasteiger partial charge on any atom is 0.344 e. The first-order valence-corrected chi connectivity index (χ1v) is 8.22. The summed E-state index contributed by atoms with van der Waals surface area (Å²) in [6.07, 6.45) is 1.05. The van der Waals surface area contributed by atoms with Crippen molar-refractivity contribution in [1.29, 1.82) is 0 Å². The first-order chi connectivity index (χ1) is 8.01. The molecule has 0 saturated carbocycles. The van der Waals surface area contributed by atoms with Gasteiger partial charge in [0.05, 0.1) is 10.6 Å². The highest BCUT2D eigenvalue weighted by Crippen LogP contribution is 2.51. The van der Waals surface area contributed by atoms with Gasteiger partial charge in [-0.15, -0.1) is 0 Å². The molecule has 96 valence electrons. The van der Waals surface area contributed by atoms with E-state index >= 15 is 0 Å². The van der Waals surface area contributed by atoms with Gasteiger partial charge in [-0.3, -0.25) is 4.57 Å². The standard InChI is InChI=1S/C11H17O4PS/c1-3-10(4-2)16(12,13)15-17(14)11-8-6-5-7-9-11/h5-10H,3-4H2,1-2H3,(H,12,13)/i11+1. The lowest BCUT2D eigenvalue weighted by Gasteiger charge is -2.18. The van der Waals surface area contributed by atoms with Crippen LogP contribution < -0.4 is 0 Å². The topological polar surface area (TPSA) is 63.6 Å². The van der Waals surface area contributed by atoms with Crippen molar-refractivity contribution in [3.63, 3.8) is 0 Å². The molecule has 0 saturated heterocycles. The van der Waals surface area contributed by atoms with E-state index in [1.165, 1.54) is 0 Å². The molecular formula is C11H17O4PS. The zero-order valence-electron chi connectivity index (χ0n) is 9.91. The second-order valence-corrected chi connectivity index (χ2v) is 7.05. The summed E-state index contributed by atoms with van der Waals surface area (Å²) in [5.41, 5.74) is -0.463. The molecule has 0 amide bonds. The first-order valence-electron chi connectivity index (χ1n) is 5.50. The normalized spacial score (nSPS) is 16.7. The summed E-state index contributed by atoms with van der Waals surface area (Å²) in [5.74, 6) is 0. The summed E-state index contributed by atoms with van der Waals surface area (Å²) in [5, 5.41) is 0. The van der Waals surface area contributed by atoms with Crippen LogP contribution in [0.25, 0.3) is 0 Å². The van der Waals surface area contributed by atoms with Crippen molar-refractivity contribution >= 4 is 18.7 Å². The zero-order chi connectivity index (χ0) is 12.9. The molecule has 0 heterocycles. The minimum absolute atomic E-state index is 0.396. The van der Waals surface area contributed by atoms with Gasteiger partial charge < -0.3 is 4.89 Å². The monoisotopic (exact) mass is 277 g/mol. The summed E-state index contributed by atoms with van der Waals surface area (Å²) in [6, 6.07) is 8.39. The minimum atomic E-state index is -3.82. The lowest BCUT2D eigenvalue weighted by molar-refractivity contribution is 0.372. The molecule has 1 rings (SSSR count). The molecule has 0 radical (unpaired) electrons. The van der Waals surface area contributed by atoms with Crippen molar-refractivity contribution in [3.05, 3.63) is 30.3 Å². The van der Waals surface area contributed by atoms with Crippen LogP contribution >= 0.6 is 7.60 Å². The van der Waals surface area contributed by atoms with Crippen LogP contribution in [-0.2, 0) is 19.6 Å². The lowest BCUT2D eigenvalue weighted by Crippen LogP contribution is -2.09.